The Hall–Kier alpha value is -3.53. The van der Waals surface area contributed by atoms with Crippen LogP contribution in [0.4, 0.5) is 79.0 Å². The molecular weight excluding hydrogens is 747 g/mol. The standard InChI is InChI=1S/C27H15B3F18O3/c1-10-4-15(24(37,38)39)21(16(5-10)25(40,41)42)30-50-28(19-11(2)6-13(22(31,32)33)8-17(19)26(43,44)45)49-29(51-30)20-12(3)7-14(23(34,35)36)9-18(20)27(46,47)48/h4-9H,1-3H3. The van der Waals surface area contributed by atoms with Crippen molar-refractivity contribution in [2.75, 3.05) is 0 Å². The number of benzene rings is 3. The molecule has 4 rings (SSSR count). The fourth-order valence-electron chi connectivity index (χ4n) is 5.38. The average Bonchev–Trinajstić information content (AvgIpc) is 2.92. The van der Waals surface area contributed by atoms with Crippen molar-refractivity contribution in [2.24, 2.45) is 0 Å². The number of halogens is 18. The van der Waals surface area contributed by atoms with Gasteiger partial charge in [0.05, 0.1) is 33.4 Å². The first kappa shape index (κ1) is 40.2. The van der Waals surface area contributed by atoms with Crippen molar-refractivity contribution in [1.82, 2.24) is 0 Å². The average molecular weight is 762 g/mol. The molecule has 0 atom stereocenters. The molecule has 0 unspecified atom stereocenters. The molecule has 3 aromatic carbocycles. The quantitative estimate of drug-likeness (QED) is 0.199. The molecule has 0 radical (unpaired) electrons. The monoisotopic (exact) mass is 762 g/mol. The Morgan fingerprint density at radius 2 is 0.608 bits per heavy atom. The first-order valence-corrected chi connectivity index (χ1v) is 13.6. The van der Waals surface area contributed by atoms with Crippen molar-refractivity contribution >= 4 is 37.7 Å². The van der Waals surface area contributed by atoms with Gasteiger partial charge in [-0.15, -0.1) is 0 Å². The molecule has 0 spiro atoms. The molecule has 1 aliphatic heterocycles. The fraction of sp³-hybridized carbons (Fsp3) is 0.333. The van der Waals surface area contributed by atoms with Crippen LogP contribution < -0.4 is 16.4 Å². The lowest BCUT2D eigenvalue weighted by molar-refractivity contribution is -0.144. The van der Waals surface area contributed by atoms with Crippen LogP contribution in [-0.2, 0) is 50.8 Å². The molecular formula is C27H15B3F18O3. The number of aryl methyl sites for hydroxylation is 3. The third kappa shape index (κ3) is 8.42. The van der Waals surface area contributed by atoms with Crippen molar-refractivity contribution in [3.05, 3.63) is 86.5 Å². The maximum Gasteiger partial charge on any atom is 0.468 e. The number of hydrogen-bond donors (Lipinski definition) is 0. The molecule has 1 heterocycles. The van der Waals surface area contributed by atoms with Crippen molar-refractivity contribution < 1.29 is 92.7 Å². The molecule has 0 amide bonds. The highest BCUT2D eigenvalue weighted by molar-refractivity contribution is 6.88. The highest BCUT2D eigenvalue weighted by Gasteiger charge is 2.55. The minimum absolute atomic E-state index is 0.0510. The van der Waals surface area contributed by atoms with Gasteiger partial charge >= 0.3 is 58.4 Å². The molecule has 276 valence electrons. The van der Waals surface area contributed by atoms with Crippen molar-refractivity contribution in [1.29, 1.82) is 0 Å². The lowest BCUT2D eigenvalue weighted by atomic mass is 9.57. The fourth-order valence-corrected chi connectivity index (χ4v) is 5.38. The van der Waals surface area contributed by atoms with Gasteiger partial charge in [-0.1, -0.05) is 11.1 Å². The lowest BCUT2D eigenvalue weighted by Crippen LogP contribution is -2.64. The predicted octanol–water partition coefficient (Wildman–Crippen LogP) is 8.27. The number of alkyl halides is 18. The third-order valence-electron chi connectivity index (χ3n) is 7.42. The Balaban J connectivity index is 2.12. The lowest BCUT2D eigenvalue weighted by Gasteiger charge is -2.36. The van der Waals surface area contributed by atoms with Crippen molar-refractivity contribution in [2.45, 2.75) is 57.8 Å². The molecule has 0 bridgehead atoms. The first-order chi connectivity index (χ1) is 22.8. The van der Waals surface area contributed by atoms with Crippen molar-refractivity contribution in [3.63, 3.8) is 0 Å². The van der Waals surface area contributed by atoms with Crippen LogP contribution in [0.25, 0.3) is 0 Å². The molecule has 1 aliphatic rings. The van der Waals surface area contributed by atoms with E-state index in [1.54, 1.807) is 0 Å². The molecule has 0 saturated carbocycles. The zero-order valence-electron chi connectivity index (χ0n) is 25.2. The van der Waals surface area contributed by atoms with Crippen LogP contribution in [0, 0.1) is 20.8 Å². The second-order valence-corrected chi connectivity index (χ2v) is 11.2. The SMILES string of the molecule is Cc1cc(C(F)(F)F)c(B2OB(c3c(C)cc(C(F)(F)F)cc3C(F)(F)F)OB(c3c(C)cc(C(F)(F)F)cc3C(F)(F)F)O2)c(C(F)(F)F)c1. The van der Waals surface area contributed by atoms with Crippen LogP contribution in [0.15, 0.2) is 36.4 Å². The summed E-state index contributed by atoms with van der Waals surface area (Å²) >= 11 is 0. The highest BCUT2D eigenvalue weighted by atomic mass is 19.4. The van der Waals surface area contributed by atoms with Gasteiger partial charge in [0.1, 0.15) is 0 Å². The summed E-state index contributed by atoms with van der Waals surface area (Å²) in [5.74, 6) is 0. The Labute approximate surface area is 275 Å². The Kier molecular flexibility index (Phi) is 10.1. The normalized spacial score (nSPS) is 15.6. The molecule has 3 aromatic rings. The van der Waals surface area contributed by atoms with E-state index >= 15 is 0 Å². The molecule has 1 fully saturated rings. The van der Waals surface area contributed by atoms with Crippen LogP contribution in [0.5, 0.6) is 0 Å². The predicted molar refractivity (Wildman–Crippen MR) is 143 cm³/mol. The largest absolute Gasteiger partial charge is 0.468 e. The van der Waals surface area contributed by atoms with E-state index in [0.717, 1.165) is 6.92 Å². The van der Waals surface area contributed by atoms with Gasteiger partial charge in [0.15, 0.2) is 0 Å². The smallest absolute Gasteiger partial charge is 0.445 e. The topological polar surface area (TPSA) is 27.7 Å². The van der Waals surface area contributed by atoms with Gasteiger partial charge in [0.25, 0.3) is 0 Å². The minimum Gasteiger partial charge on any atom is -0.445 e. The van der Waals surface area contributed by atoms with Crippen LogP contribution in [-0.4, -0.2) is 21.4 Å². The van der Waals surface area contributed by atoms with Crippen LogP contribution in [0.2, 0.25) is 0 Å². The van der Waals surface area contributed by atoms with Gasteiger partial charge in [-0.3, -0.25) is 0 Å². The maximum absolute atomic E-state index is 14.3. The van der Waals surface area contributed by atoms with Gasteiger partial charge in [-0.2, -0.15) is 79.0 Å². The van der Waals surface area contributed by atoms with E-state index in [4.69, 9.17) is 13.7 Å². The highest BCUT2D eigenvalue weighted by Crippen LogP contribution is 2.40. The summed E-state index contributed by atoms with van der Waals surface area (Å²) in [7, 11) is -9.38. The zero-order valence-corrected chi connectivity index (χ0v) is 25.2. The molecule has 3 nitrogen and oxygen atoms in total. The second-order valence-electron chi connectivity index (χ2n) is 11.2. The maximum atomic E-state index is 14.3. The molecule has 0 aromatic heterocycles. The van der Waals surface area contributed by atoms with Crippen LogP contribution >= 0.6 is 0 Å². The van der Waals surface area contributed by atoms with E-state index in [9.17, 15) is 79.0 Å². The van der Waals surface area contributed by atoms with Gasteiger partial charge in [-0.05, 0) is 73.7 Å². The summed E-state index contributed by atoms with van der Waals surface area (Å²) in [6, 6.07) is -0.733. The van der Waals surface area contributed by atoms with E-state index < -0.39 is 137 Å². The Morgan fingerprint density at radius 3 is 0.863 bits per heavy atom. The summed E-state index contributed by atoms with van der Waals surface area (Å²) in [4.78, 5) is 0. The number of rotatable bonds is 3. The van der Waals surface area contributed by atoms with E-state index in [0.29, 0.717) is 13.8 Å². The van der Waals surface area contributed by atoms with Gasteiger partial charge in [-0.25, -0.2) is 0 Å². The van der Waals surface area contributed by atoms with Gasteiger partial charge in [0.2, 0.25) is 0 Å². The molecule has 24 heteroatoms. The minimum atomic E-state index is -5.81. The van der Waals surface area contributed by atoms with E-state index in [1.165, 1.54) is 0 Å². The molecule has 51 heavy (non-hydrogen) atoms. The molecule has 0 aliphatic carbocycles. The summed E-state index contributed by atoms with van der Waals surface area (Å²) in [5.41, 5.74) is -20.9. The van der Waals surface area contributed by atoms with Crippen LogP contribution in [0.1, 0.15) is 50.1 Å². The molecule has 0 N–H and O–H groups in total. The van der Waals surface area contributed by atoms with Gasteiger partial charge < -0.3 is 13.7 Å². The molecule has 1 saturated heterocycles. The van der Waals surface area contributed by atoms with E-state index in [2.05, 4.69) is 0 Å². The summed E-state index contributed by atoms with van der Waals surface area (Å²) < 4.78 is 267. The first-order valence-electron chi connectivity index (χ1n) is 13.6. The third-order valence-corrected chi connectivity index (χ3v) is 7.42. The van der Waals surface area contributed by atoms with Crippen LogP contribution in [0.3, 0.4) is 0 Å². The summed E-state index contributed by atoms with van der Waals surface area (Å²) in [5, 5.41) is 0. The van der Waals surface area contributed by atoms with Crippen molar-refractivity contribution in [3.8, 4) is 0 Å². The zero-order chi connectivity index (χ0) is 39.0. The Bertz CT molecular complexity index is 1680. The Morgan fingerprint density at radius 1 is 0.353 bits per heavy atom. The second kappa shape index (κ2) is 12.9. The van der Waals surface area contributed by atoms with Gasteiger partial charge in [0, 0.05) is 5.46 Å². The summed E-state index contributed by atoms with van der Waals surface area (Å²) in [6.45, 7) is 1.89. The van der Waals surface area contributed by atoms with E-state index in [1.807, 2.05) is 0 Å². The number of hydrogen-bond acceptors (Lipinski definition) is 3. The van der Waals surface area contributed by atoms with E-state index in [-0.39, 0.29) is 24.3 Å². The summed E-state index contributed by atoms with van der Waals surface area (Å²) in [6.07, 6.45) is -34.0.